The van der Waals surface area contributed by atoms with E-state index in [0.717, 1.165) is 6.07 Å². The number of thiol groups is 1. The first-order valence-electron chi connectivity index (χ1n) is 4.01. The summed E-state index contributed by atoms with van der Waals surface area (Å²) in [5, 5.41) is -0.0849. The van der Waals surface area contributed by atoms with E-state index in [1.54, 1.807) is 0 Å². The summed E-state index contributed by atoms with van der Waals surface area (Å²) in [6.07, 6.45) is -4.82. The van der Waals surface area contributed by atoms with Crippen LogP contribution in [0.15, 0.2) is 23.1 Å². The van der Waals surface area contributed by atoms with Crippen molar-refractivity contribution >= 4 is 34.3 Å². The first-order chi connectivity index (χ1) is 7.33. The summed E-state index contributed by atoms with van der Waals surface area (Å²) >= 11 is 6.82. The van der Waals surface area contributed by atoms with Crippen molar-refractivity contribution in [3.05, 3.63) is 23.8 Å². The van der Waals surface area contributed by atoms with Gasteiger partial charge in [0.1, 0.15) is 5.75 Å². The quantitative estimate of drug-likeness (QED) is 0.525. The molecule has 2 nitrogen and oxygen atoms in total. The Morgan fingerprint density at radius 2 is 2.06 bits per heavy atom. The predicted octanol–water partition coefficient (Wildman–Crippen LogP) is 3.45. The van der Waals surface area contributed by atoms with Gasteiger partial charge in [0.2, 0.25) is 0 Å². The summed E-state index contributed by atoms with van der Waals surface area (Å²) in [6, 6.07) is 3.61. The Bertz CT molecular complexity index is 406. The van der Waals surface area contributed by atoms with E-state index in [1.165, 1.54) is 12.1 Å². The van der Waals surface area contributed by atoms with E-state index >= 15 is 0 Å². The molecule has 0 aliphatic rings. The number of carbonyl (C=O) groups is 1. The van der Waals surface area contributed by atoms with Crippen molar-refractivity contribution in [2.24, 2.45) is 0 Å². The average Bonchev–Trinajstić information content (AvgIpc) is 2.17. The third-order valence-corrected chi connectivity index (χ3v) is 2.40. The zero-order valence-electron chi connectivity index (χ0n) is 7.71. The third-order valence-electron chi connectivity index (χ3n) is 1.61. The molecule has 0 bridgehead atoms. The Balaban J connectivity index is 3.13. The minimum atomic E-state index is -4.82. The molecule has 0 spiro atoms. The van der Waals surface area contributed by atoms with E-state index in [2.05, 4.69) is 33.3 Å². The molecular weight excluding hydrogens is 309 g/mol. The highest BCUT2D eigenvalue weighted by molar-refractivity contribution is 9.09. The van der Waals surface area contributed by atoms with Gasteiger partial charge in [-0.05, 0) is 18.2 Å². The zero-order chi connectivity index (χ0) is 12.3. The molecule has 1 aromatic carbocycles. The number of carbonyl (C=O) groups excluding carboxylic acids is 1. The van der Waals surface area contributed by atoms with E-state index in [1.807, 2.05) is 0 Å². The number of ether oxygens (including phenoxy) is 1. The van der Waals surface area contributed by atoms with Crippen LogP contribution in [0.2, 0.25) is 0 Å². The zero-order valence-corrected chi connectivity index (χ0v) is 10.2. The third kappa shape index (κ3) is 3.71. The summed E-state index contributed by atoms with van der Waals surface area (Å²) < 4.78 is 39.8. The number of ketones is 1. The number of Topliss-reactive ketones (excluding diaryl/α,β-unsaturated/α-hetero) is 1. The van der Waals surface area contributed by atoms with E-state index in [9.17, 15) is 18.0 Å². The van der Waals surface area contributed by atoms with Crippen LogP contribution in [-0.4, -0.2) is 17.5 Å². The molecule has 0 heterocycles. The van der Waals surface area contributed by atoms with Crippen LogP contribution in [0.3, 0.4) is 0 Å². The molecule has 0 aromatic heterocycles. The Morgan fingerprint density at radius 1 is 1.44 bits per heavy atom. The van der Waals surface area contributed by atoms with Crippen molar-refractivity contribution in [3.63, 3.8) is 0 Å². The maximum Gasteiger partial charge on any atom is 0.573 e. The van der Waals surface area contributed by atoms with Crippen molar-refractivity contribution in [1.29, 1.82) is 0 Å². The van der Waals surface area contributed by atoms with E-state index in [0.29, 0.717) is 4.90 Å². The standard InChI is InChI=1S/C9H6BrF3O2S/c10-4-7(14)6-3-5(16)1-2-8(6)15-9(11,12)13/h1-3,16H,4H2. The van der Waals surface area contributed by atoms with Crippen LogP contribution in [0.1, 0.15) is 10.4 Å². The lowest BCUT2D eigenvalue weighted by Gasteiger charge is -2.12. The summed E-state index contributed by atoms with van der Waals surface area (Å²) in [6.45, 7) is 0. The highest BCUT2D eigenvalue weighted by Gasteiger charge is 2.32. The topological polar surface area (TPSA) is 26.3 Å². The number of alkyl halides is 4. The minimum absolute atomic E-state index is 0.0849. The van der Waals surface area contributed by atoms with Crippen LogP contribution in [0.4, 0.5) is 13.2 Å². The molecule has 0 atom stereocenters. The SMILES string of the molecule is O=C(CBr)c1cc(S)ccc1OC(F)(F)F. The van der Waals surface area contributed by atoms with Crippen LogP contribution >= 0.6 is 28.6 Å². The summed E-state index contributed by atoms with van der Waals surface area (Å²) in [5.74, 6) is -1.02. The molecule has 0 aliphatic carbocycles. The molecule has 0 amide bonds. The highest BCUT2D eigenvalue weighted by atomic mass is 79.9. The van der Waals surface area contributed by atoms with Gasteiger partial charge >= 0.3 is 6.36 Å². The molecule has 1 rings (SSSR count). The highest BCUT2D eigenvalue weighted by Crippen LogP contribution is 2.28. The molecule has 0 aliphatic heterocycles. The number of halogens is 4. The normalized spacial score (nSPS) is 11.3. The van der Waals surface area contributed by atoms with Crippen molar-refractivity contribution in [2.45, 2.75) is 11.3 Å². The lowest BCUT2D eigenvalue weighted by atomic mass is 10.1. The predicted molar refractivity (Wildman–Crippen MR) is 58.5 cm³/mol. The van der Waals surface area contributed by atoms with Gasteiger partial charge in [-0.2, -0.15) is 0 Å². The maximum atomic E-state index is 12.0. The number of hydrogen-bond donors (Lipinski definition) is 1. The van der Waals surface area contributed by atoms with Gasteiger partial charge in [-0.3, -0.25) is 4.79 Å². The van der Waals surface area contributed by atoms with Crippen LogP contribution in [0.5, 0.6) is 5.75 Å². The second-order valence-corrected chi connectivity index (χ2v) is 3.86. The van der Waals surface area contributed by atoms with Gasteiger partial charge in [-0.1, -0.05) is 15.9 Å². The maximum absolute atomic E-state index is 12.0. The molecule has 88 valence electrons. The van der Waals surface area contributed by atoms with Crippen molar-refractivity contribution in [1.82, 2.24) is 0 Å². The number of hydrogen-bond acceptors (Lipinski definition) is 3. The number of benzene rings is 1. The molecule has 16 heavy (non-hydrogen) atoms. The molecule has 0 unspecified atom stereocenters. The molecule has 0 saturated heterocycles. The largest absolute Gasteiger partial charge is 0.573 e. The van der Waals surface area contributed by atoms with Crippen LogP contribution in [0, 0.1) is 0 Å². The first-order valence-corrected chi connectivity index (χ1v) is 5.58. The summed E-state index contributed by atoms with van der Waals surface area (Å²) in [5.41, 5.74) is -0.151. The fraction of sp³-hybridized carbons (Fsp3) is 0.222. The molecule has 0 N–H and O–H groups in total. The Kier molecular flexibility index (Phi) is 4.26. The Morgan fingerprint density at radius 3 is 2.56 bits per heavy atom. The van der Waals surface area contributed by atoms with Gasteiger partial charge < -0.3 is 4.74 Å². The molecule has 7 heteroatoms. The van der Waals surface area contributed by atoms with Gasteiger partial charge in [0, 0.05) is 4.90 Å². The fourth-order valence-corrected chi connectivity index (χ4v) is 1.53. The Hall–Kier alpha value is -0.690. The van der Waals surface area contributed by atoms with Crippen molar-refractivity contribution in [2.75, 3.05) is 5.33 Å². The molecule has 1 aromatic rings. The first kappa shape index (κ1) is 13.4. The van der Waals surface area contributed by atoms with Gasteiger partial charge in [-0.25, -0.2) is 0 Å². The minimum Gasteiger partial charge on any atom is -0.405 e. The van der Waals surface area contributed by atoms with Gasteiger partial charge in [-0.15, -0.1) is 25.8 Å². The van der Waals surface area contributed by atoms with Gasteiger partial charge in [0.15, 0.2) is 5.78 Å². The van der Waals surface area contributed by atoms with Crippen LogP contribution < -0.4 is 4.74 Å². The summed E-state index contributed by atoms with van der Waals surface area (Å²) in [7, 11) is 0. The van der Waals surface area contributed by atoms with Crippen molar-refractivity contribution in [3.8, 4) is 5.75 Å². The smallest absolute Gasteiger partial charge is 0.405 e. The molecule has 0 fully saturated rings. The lowest BCUT2D eigenvalue weighted by Crippen LogP contribution is -2.19. The second kappa shape index (κ2) is 5.09. The number of rotatable bonds is 3. The molecule has 0 radical (unpaired) electrons. The van der Waals surface area contributed by atoms with E-state index in [-0.39, 0.29) is 10.9 Å². The van der Waals surface area contributed by atoms with Crippen LogP contribution in [-0.2, 0) is 0 Å². The lowest BCUT2D eigenvalue weighted by molar-refractivity contribution is -0.274. The van der Waals surface area contributed by atoms with Gasteiger partial charge in [0.25, 0.3) is 0 Å². The molecule has 0 saturated carbocycles. The van der Waals surface area contributed by atoms with Crippen molar-refractivity contribution < 1.29 is 22.7 Å². The fourth-order valence-electron chi connectivity index (χ4n) is 1.02. The monoisotopic (exact) mass is 314 g/mol. The molecular formula is C9H6BrF3O2S. The van der Waals surface area contributed by atoms with E-state index < -0.39 is 17.9 Å². The average molecular weight is 315 g/mol. The van der Waals surface area contributed by atoms with E-state index in [4.69, 9.17) is 0 Å². The van der Waals surface area contributed by atoms with Gasteiger partial charge in [0.05, 0.1) is 10.9 Å². The second-order valence-electron chi connectivity index (χ2n) is 2.79. The Labute approximate surface area is 103 Å². The van der Waals surface area contributed by atoms with Crippen LogP contribution in [0.25, 0.3) is 0 Å². The summed E-state index contributed by atoms with van der Waals surface area (Å²) in [4.78, 5) is 11.7.